The van der Waals surface area contributed by atoms with E-state index in [9.17, 15) is 4.79 Å². The lowest BCUT2D eigenvalue weighted by Gasteiger charge is -2.47. The van der Waals surface area contributed by atoms with Crippen molar-refractivity contribution in [3.8, 4) is 0 Å². The molecule has 2 N–H and O–H groups in total. The van der Waals surface area contributed by atoms with E-state index in [1.165, 1.54) is 32.1 Å². The molecule has 0 spiro atoms. The van der Waals surface area contributed by atoms with Gasteiger partial charge < -0.3 is 10.6 Å². The first-order valence-corrected chi connectivity index (χ1v) is 7.68. The van der Waals surface area contributed by atoms with Gasteiger partial charge in [0.05, 0.1) is 0 Å². The Hall–Kier alpha value is -0.570. The summed E-state index contributed by atoms with van der Waals surface area (Å²) in [6.45, 7) is 5.37. The summed E-state index contributed by atoms with van der Waals surface area (Å²) in [6, 6.07) is 0.554. The van der Waals surface area contributed by atoms with Gasteiger partial charge in [-0.2, -0.15) is 0 Å². The summed E-state index contributed by atoms with van der Waals surface area (Å²) in [4.78, 5) is 14.5. The van der Waals surface area contributed by atoms with Crippen molar-refractivity contribution < 1.29 is 4.79 Å². The third-order valence-corrected chi connectivity index (χ3v) is 5.02. The van der Waals surface area contributed by atoms with Gasteiger partial charge >= 0.3 is 0 Å². The molecule has 3 nitrogen and oxygen atoms in total. The summed E-state index contributed by atoms with van der Waals surface area (Å²) >= 11 is 0. The summed E-state index contributed by atoms with van der Waals surface area (Å²) < 4.78 is 0. The number of fused-ring (bicyclic) bond motifs is 1. The molecule has 4 atom stereocenters. The fourth-order valence-electron chi connectivity index (χ4n) is 3.71. The highest BCUT2D eigenvalue weighted by molar-refractivity contribution is 5.77. The van der Waals surface area contributed by atoms with Gasteiger partial charge in [-0.1, -0.05) is 26.7 Å². The topological polar surface area (TPSA) is 46.3 Å². The van der Waals surface area contributed by atoms with Crippen LogP contribution in [-0.2, 0) is 4.79 Å². The van der Waals surface area contributed by atoms with Crippen molar-refractivity contribution in [2.75, 3.05) is 6.54 Å². The Kier molecular flexibility index (Phi) is 4.66. The molecule has 1 amide bonds. The molecule has 0 bridgehead atoms. The highest BCUT2D eigenvalue weighted by atomic mass is 16.2. The molecule has 0 aromatic carbocycles. The van der Waals surface area contributed by atoms with Crippen LogP contribution in [0.4, 0.5) is 0 Å². The molecule has 104 valence electrons. The van der Waals surface area contributed by atoms with Crippen LogP contribution in [0.25, 0.3) is 0 Å². The number of nitrogens with zero attached hydrogens (tertiary/aromatic N) is 1. The highest BCUT2D eigenvalue weighted by Crippen LogP contribution is 2.38. The van der Waals surface area contributed by atoms with Crippen LogP contribution in [0, 0.1) is 11.8 Å². The third kappa shape index (κ3) is 2.87. The second-order valence-electron chi connectivity index (χ2n) is 6.24. The van der Waals surface area contributed by atoms with Crippen LogP contribution < -0.4 is 5.73 Å². The molecule has 1 heterocycles. The van der Waals surface area contributed by atoms with E-state index in [0.29, 0.717) is 18.4 Å². The van der Waals surface area contributed by atoms with Gasteiger partial charge in [0.1, 0.15) is 0 Å². The Morgan fingerprint density at radius 3 is 2.78 bits per heavy atom. The van der Waals surface area contributed by atoms with E-state index in [1.54, 1.807) is 0 Å². The first-order chi connectivity index (χ1) is 8.63. The molecule has 3 heteroatoms. The molecule has 1 aliphatic heterocycles. The van der Waals surface area contributed by atoms with Crippen molar-refractivity contribution >= 4 is 5.91 Å². The molecule has 0 radical (unpaired) electrons. The van der Waals surface area contributed by atoms with E-state index in [1.807, 2.05) is 0 Å². The number of rotatable bonds is 3. The largest absolute Gasteiger partial charge is 0.339 e. The number of hydrogen-bond donors (Lipinski definition) is 1. The molecular formula is C15H28N2O. The number of likely N-dealkylation sites (tertiary alicyclic amines) is 1. The van der Waals surface area contributed by atoms with E-state index in [-0.39, 0.29) is 6.04 Å². The number of hydrogen-bond acceptors (Lipinski definition) is 2. The molecule has 2 rings (SSSR count). The predicted molar refractivity (Wildman–Crippen MR) is 74.1 cm³/mol. The number of piperidine rings is 1. The zero-order valence-electron chi connectivity index (χ0n) is 11.9. The minimum Gasteiger partial charge on any atom is -0.339 e. The molecule has 0 aromatic rings. The summed E-state index contributed by atoms with van der Waals surface area (Å²) in [6.07, 6.45) is 7.77. The van der Waals surface area contributed by atoms with Gasteiger partial charge in [0.15, 0.2) is 0 Å². The average molecular weight is 252 g/mol. The maximum atomic E-state index is 12.4. The predicted octanol–water partition coefficient (Wildman–Crippen LogP) is 2.54. The standard InChI is InChI=1S/C15H28N2O/c1-3-12(16)10-15(18)17-9-8-11(2)13-6-4-5-7-14(13)17/h11-14H,3-10,16H2,1-2H3. The minimum atomic E-state index is 0.0406. The molecule has 18 heavy (non-hydrogen) atoms. The second kappa shape index (κ2) is 6.05. The van der Waals surface area contributed by atoms with Gasteiger partial charge in [0, 0.05) is 25.0 Å². The Balaban J connectivity index is 2.01. The maximum Gasteiger partial charge on any atom is 0.224 e. The Morgan fingerprint density at radius 1 is 1.33 bits per heavy atom. The normalized spacial score (nSPS) is 33.9. The monoisotopic (exact) mass is 252 g/mol. The van der Waals surface area contributed by atoms with Crippen LogP contribution in [-0.4, -0.2) is 29.4 Å². The van der Waals surface area contributed by atoms with E-state index in [4.69, 9.17) is 5.73 Å². The molecule has 2 fully saturated rings. The van der Waals surface area contributed by atoms with Crippen LogP contribution in [0.1, 0.15) is 58.8 Å². The molecule has 1 saturated heterocycles. The van der Waals surface area contributed by atoms with Crippen molar-refractivity contribution in [2.24, 2.45) is 17.6 Å². The lowest BCUT2D eigenvalue weighted by atomic mass is 9.72. The van der Waals surface area contributed by atoms with E-state index < -0.39 is 0 Å². The number of carbonyl (C=O) groups excluding carboxylic acids is 1. The van der Waals surface area contributed by atoms with Crippen LogP contribution in [0.5, 0.6) is 0 Å². The fraction of sp³-hybridized carbons (Fsp3) is 0.933. The summed E-state index contributed by atoms with van der Waals surface area (Å²) in [5.74, 6) is 1.83. The zero-order valence-corrected chi connectivity index (χ0v) is 11.9. The lowest BCUT2D eigenvalue weighted by Crippen LogP contribution is -2.53. The molecule has 1 aliphatic carbocycles. The van der Waals surface area contributed by atoms with Gasteiger partial charge in [-0.05, 0) is 37.5 Å². The first kappa shape index (κ1) is 13.9. The smallest absolute Gasteiger partial charge is 0.224 e. The molecule has 2 aliphatic rings. The number of amides is 1. The Labute approximate surface area is 111 Å². The summed E-state index contributed by atoms with van der Waals surface area (Å²) in [5.41, 5.74) is 5.93. The van der Waals surface area contributed by atoms with Gasteiger partial charge in [0.25, 0.3) is 0 Å². The minimum absolute atomic E-state index is 0.0406. The van der Waals surface area contributed by atoms with Gasteiger partial charge in [-0.3, -0.25) is 4.79 Å². The molecule has 0 aromatic heterocycles. The van der Waals surface area contributed by atoms with Crippen molar-refractivity contribution in [1.82, 2.24) is 4.90 Å². The van der Waals surface area contributed by atoms with Crippen LogP contribution in [0.15, 0.2) is 0 Å². The molecular weight excluding hydrogens is 224 g/mol. The zero-order chi connectivity index (χ0) is 13.1. The van der Waals surface area contributed by atoms with Gasteiger partial charge in [-0.15, -0.1) is 0 Å². The summed E-state index contributed by atoms with van der Waals surface area (Å²) in [5, 5.41) is 0. The maximum absolute atomic E-state index is 12.4. The van der Waals surface area contributed by atoms with Crippen molar-refractivity contribution in [3.63, 3.8) is 0 Å². The first-order valence-electron chi connectivity index (χ1n) is 7.68. The van der Waals surface area contributed by atoms with E-state index in [0.717, 1.165) is 24.8 Å². The second-order valence-corrected chi connectivity index (χ2v) is 6.24. The highest BCUT2D eigenvalue weighted by Gasteiger charge is 2.39. The van der Waals surface area contributed by atoms with Crippen molar-refractivity contribution in [2.45, 2.75) is 70.9 Å². The van der Waals surface area contributed by atoms with E-state index >= 15 is 0 Å². The fourth-order valence-corrected chi connectivity index (χ4v) is 3.71. The Morgan fingerprint density at radius 2 is 2.06 bits per heavy atom. The quantitative estimate of drug-likeness (QED) is 0.839. The van der Waals surface area contributed by atoms with E-state index in [2.05, 4.69) is 18.7 Å². The molecule has 4 unspecified atom stereocenters. The Bertz CT molecular complexity index is 292. The van der Waals surface area contributed by atoms with Gasteiger partial charge in [0.2, 0.25) is 5.91 Å². The third-order valence-electron chi connectivity index (χ3n) is 5.02. The van der Waals surface area contributed by atoms with Crippen LogP contribution in [0.2, 0.25) is 0 Å². The van der Waals surface area contributed by atoms with Crippen molar-refractivity contribution in [1.29, 1.82) is 0 Å². The number of nitrogens with two attached hydrogens (primary N) is 1. The lowest BCUT2D eigenvalue weighted by molar-refractivity contribution is -0.139. The number of carbonyl (C=O) groups is 1. The SMILES string of the molecule is CCC(N)CC(=O)N1CCC(C)C2CCCCC21. The summed E-state index contributed by atoms with van der Waals surface area (Å²) in [7, 11) is 0. The van der Waals surface area contributed by atoms with Crippen LogP contribution >= 0.6 is 0 Å². The van der Waals surface area contributed by atoms with Gasteiger partial charge in [-0.25, -0.2) is 0 Å². The van der Waals surface area contributed by atoms with Crippen molar-refractivity contribution in [3.05, 3.63) is 0 Å². The molecule has 1 saturated carbocycles. The average Bonchev–Trinajstić information content (AvgIpc) is 2.39. The van der Waals surface area contributed by atoms with Crippen LogP contribution in [0.3, 0.4) is 0 Å².